The molecule has 0 bridgehead atoms. The first kappa shape index (κ1) is 9.77. The van der Waals surface area contributed by atoms with Gasteiger partial charge in [-0.15, -0.1) is 0 Å². The molecule has 4 nitrogen and oxygen atoms in total. The molecule has 0 heterocycles. The number of ether oxygens (including phenoxy) is 1. The average Bonchev–Trinajstić information content (AvgIpc) is 2.01. The highest BCUT2D eigenvalue weighted by molar-refractivity contribution is 5.91. The van der Waals surface area contributed by atoms with Crippen molar-refractivity contribution in [2.45, 2.75) is 26.2 Å². The predicted molar refractivity (Wildman–Crippen MR) is 46.7 cm³/mol. The summed E-state index contributed by atoms with van der Waals surface area (Å²) in [5.74, 6) is -0.427. The van der Waals surface area contributed by atoms with E-state index >= 15 is 0 Å². The standard InChI is InChI=1S/C9H13NO3/c1-2-13-9(12)8(10-6-11)7-4-3-5-7/h6H,2-5H2,1H3,(H,10,11). The van der Waals surface area contributed by atoms with Crippen LogP contribution in [0.25, 0.3) is 0 Å². The van der Waals surface area contributed by atoms with E-state index in [9.17, 15) is 9.59 Å². The number of carbonyl (C=O) groups is 2. The molecule has 1 saturated carbocycles. The van der Waals surface area contributed by atoms with Crippen LogP contribution in [-0.4, -0.2) is 19.0 Å². The maximum atomic E-state index is 11.3. The van der Waals surface area contributed by atoms with E-state index in [2.05, 4.69) is 5.32 Å². The Bertz CT molecular complexity index is 239. The molecule has 1 rings (SSSR count). The third-order valence-corrected chi connectivity index (χ3v) is 1.99. The van der Waals surface area contributed by atoms with Crippen molar-refractivity contribution in [2.75, 3.05) is 6.61 Å². The number of esters is 1. The molecule has 0 aromatic rings. The molecule has 0 unspecified atom stereocenters. The van der Waals surface area contributed by atoms with Crippen molar-refractivity contribution in [3.05, 3.63) is 11.3 Å². The minimum atomic E-state index is -0.427. The van der Waals surface area contributed by atoms with Crippen LogP contribution in [0.1, 0.15) is 26.2 Å². The van der Waals surface area contributed by atoms with Gasteiger partial charge in [0.05, 0.1) is 6.61 Å². The summed E-state index contributed by atoms with van der Waals surface area (Å²) < 4.78 is 4.80. The zero-order valence-corrected chi connectivity index (χ0v) is 7.63. The highest BCUT2D eigenvalue weighted by atomic mass is 16.5. The third-order valence-electron chi connectivity index (χ3n) is 1.99. The van der Waals surface area contributed by atoms with Gasteiger partial charge in [0.25, 0.3) is 0 Å². The molecule has 13 heavy (non-hydrogen) atoms. The molecule has 0 radical (unpaired) electrons. The average molecular weight is 183 g/mol. The van der Waals surface area contributed by atoms with Gasteiger partial charge in [-0.05, 0) is 31.8 Å². The maximum absolute atomic E-state index is 11.3. The molecule has 0 saturated heterocycles. The van der Waals surface area contributed by atoms with Gasteiger partial charge in [0.1, 0.15) is 5.70 Å². The zero-order chi connectivity index (χ0) is 9.68. The largest absolute Gasteiger partial charge is 0.461 e. The molecule has 1 aliphatic carbocycles. The van der Waals surface area contributed by atoms with E-state index in [1.165, 1.54) is 0 Å². The molecule has 0 aromatic carbocycles. The van der Waals surface area contributed by atoms with Crippen LogP contribution in [0, 0.1) is 0 Å². The Labute approximate surface area is 76.9 Å². The van der Waals surface area contributed by atoms with E-state index in [1.807, 2.05) is 0 Å². The highest BCUT2D eigenvalue weighted by Gasteiger charge is 2.20. The first-order chi connectivity index (χ1) is 6.29. The van der Waals surface area contributed by atoms with Crippen LogP contribution < -0.4 is 5.32 Å². The van der Waals surface area contributed by atoms with Crippen molar-refractivity contribution in [2.24, 2.45) is 0 Å². The SMILES string of the molecule is CCOC(=O)C(NC=O)=C1CCC1. The van der Waals surface area contributed by atoms with Gasteiger partial charge in [0, 0.05) is 0 Å². The Hall–Kier alpha value is -1.32. The molecular formula is C9H13NO3. The normalized spacial score (nSPS) is 14.4. The van der Waals surface area contributed by atoms with Gasteiger partial charge >= 0.3 is 5.97 Å². The van der Waals surface area contributed by atoms with Crippen LogP contribution in [0.4, 0.5) is 0 Å². The van der Waals surface area contributed by atoms with Gasteiger partial charge in [0.15, 0.2) is 0 Å². The minimum absolute atomic E-state index is 0.330. The summed E-state index contributed by atoms with van der Waals surface area (Å²) in [4.78, 5) is 21.5. The molecule has 0 aromatic heterocycles. The number of carbonyl (C=O) groups excluding carboxylic acids is 2. The molecule has 4 heteroatoms. The van der Waals surface area contributed by atoms with Crippen LogP contribution in [0.5, 0.6) is 0 Å². The van der Waals surface area contributed by atoms with E-state index in [1.54, 1.807) is 6.92 Å². The predicted octanol–water partition coefficient (Wildman–Crippen LogP) is 0.734. The fourth-order valence-electron chi connectivity index (χ4n) is 1.17. The molecule has 1 fully saturated rings. The molecule has 0 spiro atoms. The third kappa shape index (κ3) is 2.31. The summed E-state index contributed by atoms with van der Waals surface area (Å²) in [5, 5.41) is 2.39. The summed E-state index contributed by atoms with van der Waals surface area (Å²) in [5.41, 5.74) is 1.33. The van der Waals surface area contributed by atoms with E-state index < -0.39 is 5.97 Å². The number of hydrogen-bond acceptors (Lipinski definition) is 3. The molecule has 1 N–H and O–H groups in total. The summed E-state index contributed by atoms with van der Waals surface area (Å²) in [6.07, 6.45) is 3.36. The number of hydrogen-bond donors (Lipinski definition) is 1. The lowest BCUT2D eigenvalue weighted by molar-refractivity contribution is -0.139. The first-order valence-electron chi connectivity index (χ1n) is 4.39. The Morgan fingerprint density at radius 2 is 2.31 bits per heavy atom. The lowest BCUT2D eigenvalue weighted by atomic mass is 9.90. The van der Waals surface area contributed by atoms with Crippen molar-refractivity contribution in [3.63, 3.8) is 0 Å². The Morgan fingerprint density at radius 1 is 1.62 bits per heavy atom. The van der Waals surface area contributed by atoms with E-state index in [0.717, 1.165) is 24.8 Å². The van der Waals surface area contributed by atoms with Crippen LogP contribution in [0.15, 0.2) is 11.3 Å². The van der Waals surface area contributed by atoms with Crippen molar-refractivity contribution in [1.82, 2.24) is 5.32 Å². The smallest absolute Gasteiger partial charge is 0.354 e. The maximum Gasteiger partial charge on any atom is 0.354 e. The second-order valence-corrected chi connectivity index (χ2v) is 2.81. The number of rotatable bonds is 4. The topological polar surface area (TPSA) is 55.4 Å². The highest BCUT2D eigenvalue weighted by Crippen LogP contribution is 2.27. The van der Waals surface area contributed by atoms with Gasteiger partial charge in [0.2, 0.25) is 6.41 Å². The number of allylic oxidation sites excluding steroid dienone is 1. The van der Waals surface area contributed by atoms with Crippen LogP contribution >= 0.6 is 0 Å². The van der Waals surface area contributed by atoms with Crippen LogP contribution in [0.3, 0.4) is 0 Å². The van der Waals surface area contributed by atoms with E-state index in [0.29, 0.717) is 18.7 Å². The molecule has 0 aliphatic heterocycles. The molecular weight excluding hydrogens is 170 g/mol. The summed E-state index contributed by atoms with van der Waals surface area (Å²) >= 11 is 0. The van der Waals surface area contributed by atoms with Gasteiger partial charge in [-0.3, -0.25) is 4.79 Å². The second-order valence-electron chi connectivity index (χ2n) is 2.81. The Balaban J connectivity index is 2.66. The van der Waals surface area contributed by atoms with Gasteiger partial charge in [-0.2, -0.15) is 0 Å². The monoisotopic (exact) mass is 183 g/mol. The quantitative estimate of drug-likeness (QED) is 0.397. The zero-order valence-electron chi connectivity index (χ0n) is 7.63. The minimum Gasteiger partial charge on any atom is -0.461 e. The van der Waals surface area contributed by atoms with Gasteiger partial charge < -0.3 is 10.1 Å². The van der Waals surface area contributed by atoms with Crippen molar-refractivity contribution in [3.8, 4) is 0 Å². The fourth-order valence-corrected chi connectivity index (χ4v) is 1.17. The lowest BCUT2D eigenvalue weighted by Crippen LogP contribution is -2.25. The number of nitrogens with one attached hydrogen (secondary N) is 1. The Kier molecular flexibility index (Phi) is 3.49. The van der Waals surface area contributed by atoms with Crippen molar-refractivity contribution in [1.29, 1.82) is 0 Å². The molecule has 72 valence electrons. The molecule has 1 amide bonds. The van der Waals surface area contributed by atoms with E-state index in [4.69, 9.17) is 4.74 Å². The van der Waals surface area contributed by atoms with Crippen LogP contribution in [0.2, 0.25) is 0 Å². The summed E-state index contributed by atoms with van der Waals surface area (Å²) in [7, 11) is 0. The lowest BCUT2D eigenvalue weighted by Gasteiger charge is -2.20. The van der Waals surface area contributed by atoms with Crippen LogP contribution in [-0.2, 0) is 14.3 Å². The Morgan fingerprint density at radius 3 is 2.69 bits per heavy atom. The van der Waals surface area contributed by atoms with Gasteiger partial charge in [-0.25, -0.2) is 4.79 Å². The van der Waals surface area contributed by atoms with Gasteiger partial charge in [-0.1, -0.05) is 0 Å². The molecule has 0 atom stereocenters. The fraction of sp³-hybridized carbons (Fsp3) is 0.556. The van der Waals surface area contributed by atoms with Crippen molar-refractivity contribution < 1.29 is 14.3 Å². The second kappa shape index (κ2) is 4.64. The van der Waals surface area contributed by atoms with E-state index in [-0.39, 0.29) is 0 Å². The summed E-state index contributed by atoms with van der Waals surface area (Å²) in [6, 6.07) is 0. The number of amides is 1. The first-order valence-corrected chi connectivity index (χ1v) is 4.39. The molecule has 1 aliphatic rings. The van der Waals surface area contributed by atoms with Crippen molar-refractivity contribution >= 4 is 12.4 Å². The summed E-state index contributed by atoms with van der Waals surface area (Å²) in [6.45, 7) is 2.07.